The topological polar surface area (TPSA) is 74.8 Å². The molecule has 0 aliphatic carbocycles. The molecular formula is C24H20N2O4S2. The van der Waals surface area contributed by atoms with E-state index in [0.29, 0.717) is 23.4 Å². The normalized spacial score (nSPS) is 22.8. The monoisotopic (exact) mass is 464 g/mol. The van der Waals surface area contributed by atoms with Gasteiger partial charge in [0.2, 0.25) is 0 Å². The molecule has 2 aliphatic rings. The first-order chi connectivity index (χ1) is 15.5. The molecule has 2 saturated heterocycles. The number of carbonyl (C=O) groups excluding carboxylic acids is 2. The van der Waals surface area contributed by atoms with E-state index in [1.165, 1.54) is 23.9 Å². The molecule has 3 aromatic carbocycles. The molecule has 162 valence electrons. The Labute approximate surface area is 190 Å². The molecule has 0 unspecified atom stereocenters. The maximum atomic E-state index is 13.7. The zero-order valence-corrected chi connectivity index (χ0v) is 18.6. The number of hydrogen-bond acceptors (Lipinski definition) is 5. The minimum Gasteiger partial charge on any atom is -0.312 e. The van der Waals surface area contributed by atoms with E-state index >= 15 is 0 Å². The molecule has 0 radical (unpaired) electrons. The molecule has 1 spiro atoms. The molecule has 0 bridgehead atoms. The molecule has 3 aromatic rings. The molecule has 2 atom stereocenters. The summed E-state index contributed by atoms with van der Waals surface area (Å²) in [5.74, 6) is -0.309. The molecule has 5 rings (SSSR count). The lowest BCUT2D eigenvalue weighted by Crippen LogP contribution is -2.73. The van der Waals surface area contributed by atoms with Crippen molar-refractivity contribution in [2.24, 2.45) is 0 Å². The van der Waals surface area contributed by atoms with Crippen molar-refractivity contribution in [1.82, 2.24) is 9.21 Å². The van der Waals surface area contributed by atoms with Crippen molar-refractivity contribution >= 4 is 33.6 Å². The van der Waals surface area contributed by atoms with E-state index in [4.69, 9.17) is 0 Å². The van der Waals surface area contributed by atoms with E-state index in [-0.39, 0.29) is 10.8 Å². The fraction of sp³-hybridized carbons (Fsp3) is 0.167. The third kappa shape index (κ3) is 2.97. The lowest BCUT2D eigenvalue weighted by molar-refractivity contribution is -0.150. The zero-order valence-electron chi connectivity index (χ0n) is 17.0. The average molecular weight is 465 g/mol. The van der Waals surface area contributed by atoms with Gasteiger partial charge in [0, 0.05) is 17.9 Å². The summed E-state index contributed by atoms with van der Waals surface area (Å²) in [5, 5.41) is 0. The number of amides is 2. The van der Waals surface area contributed by atoms with Crippen LogP contribution in [0.15, 0.2) is 95.9 Å². The number of nitrogens with zero attached hydrogens (tertiary/aromatic N) is 2. The van der Waals surface area contributed by atoms with Gasteiger partial charge in [-0.15, -0.1) is 11.8 Å². The van der Waals surface area contributed by atoms with Crippen LogP contribution in [0.1, 0.15) is 22.0 Å². The molecule has 0 aromatic heterocycles. The third-order valence-electron chi connectivity index (χ3n) is 5.83. The maximum absolute atomic E-state index is 13.7. The van der Waals surface area contributed by atoms with E-state index in [2.05, 4.69) is 0 Å². The Kier molecular flexibility index (Phi) is 5.06. The Morgan fingerprint density at radius 3 is 2.06 bits per heavy atom. The van der Waals surface area contributed by atoms with Crippen molar-refractivity contribution in [3.8, 4) is 0 Å². The first kappa shape index (κ1) is 20.8. The molecule has 2 heterocycles. The highest BCUT2D eigenvalue weighted by Crippen LogP contribution is 2.58. The molecule has 6 nitrogen and oxygen atoms in total. The Morgan fingerprint density at radius 1 is 0.875 bits per heavy atom. The number of rotatable bonds is 4. The van der Waals surface area contributed by atoms with Gasteiger partial charge in [-0.2, -0.15) is 0 Å². The number of β-lactam (4-membered cyclic amide) rings is 1. The van der Waals surface area contributed by atoms with Gasteiger partial charge in [0.15, 0.2) is 4.87 Å². The second-order valence-electron chi connectivity index (χ2n) is 7.60. The quantitative estimate of drug-likeness (QED) is 0.552. The molecule has 0 saturated carbocycles. The summed E-state index contributed by atoms with van der Waals surface area (Å²) >= 11 is 1.34. The van der Waals surface area contributed by atoms with Gasteiger partial charge >= 0.3 is 0 Å². The molecule has 32 heavy (non-hydrogen) atoms. The Morgan fingerprint density at radius 2 is 1.44 bits per heavy atom. The van der Waals surface area contributed by atoms with Crippen molar-refractivity contribution in [3.05, 3.63) is 102 Å². The number of thioether (sulfide) groups is 1. The second kappa shape index (κ2) is 7.79. The van der Waals surface area contributed by atoms with Crippen molar-refractivity contribution in [2.45, 2.75) is 15.8 Å². The lowest BCUT2D eigenvalue weighted by Gasteiger charge is -2.55. The highest BCUT2D eigenvalue weighted by Gasteiger charge is 2.71. The SMILES string of the molecule is O=C(c1ccccc1)N1CCS[C@@]12C(=O)N(S(=O)(=O)c1ccccc1)[C@H]2c1ccccc1. The molecule has 2 amide bonds. The fourth-order valence-corrected chi connectivity index (χ4v) is 7.66. The summed E-state index contributed by atoms with van der Waals surface area (Å²) in [6.45, 7) is 0.368. The van der Waals surface area contributed by atoms with Crippen molar-refractivity contribution < 1.29 is 18.0 Å². The summed E-state index contributed by atoms with van der Waals surface area (Å²) in [7, 11) is -4.09. The van der Waals surface area contributed by atoms with Crippen LogP contribution in [0.5, 0.6) is 0 Å². The van der Waals surface area contributed by atoms with E-state index in [1.807, 2.05) is 24.3 Å². The highest BCUT2D eigenvalue weighted by molar-refractivity contribution is 8.02. The summed E-state index contributed by atoms with van der Waals surface area (Å²) < 4.78 is 27.9. The second-order valence-corrected chi connectivity index (χ2v) is 10.7. The van der Waals surface area contributed by atoms with E-state index < -0.39 is 26.8 Å². The van der Waals surface area contributed by atoms with E-state index in [1.54, 1.807) is 59.5 Å². The van der Waals surface area contributed by atoms with Crippen LogP contribution >= 0.6 is 11.8 Å². The average Bonchev–Trinajstić information content (AvgIpc) is 3.31. The standard InChI is InChI=1S/C24H20N2O4S2/c27-22(19-12-6-2-7-13-19)25-16-17-31-24(25)21(18-10-4-1-5-11-18)26(23(24)28)32(29,30)20-14-8-3-9-15-20/h1-15,21H,16-17H2/t21-,24-/m0/s1. The van der Waals surface area contributed by atoms with Crippen LogP contribution in [0.3, 0.4) is 0 Å². The van der Waals surface area contributed by atoms with E-state index in [9.17, 15) is 18.0 Å². The molecule has 2 aliphatic heterocycles. The molecular weight excluding hydrogens is 444 g/mol. The highest BCUT2D eigenvalue weighted by atomic mass is 32.2. The van der Waals surface area contributed by atoms with Gasteiger partial charge in [-0.05, 0) is 29.8 Å². The predicted molar refractivity (Wildman–Crippen MR) is 122 cm³/mol. The summed E-state index contributed by atoms with van der Waals surface area (Å²) in [5.41, 5.74) is 1.14. The first-order valence-electron chi connectivity index (χ1n) is 10.2. The number of sulfonamides is 1. The van der Waals surface area contributed by atoms with Gasteiger partial charge < -0.3 is 4.90 Å². The van der Waals surface area contributed by atoms with Crippen molar-refractivity contribution in [1.29, 1.82) is 0 Å². The Hall–Kier alpha value is -3.10. The van der Waals surface area contributed by atoms with Gasteiger partial charge in [0.05, 0.1) is 4.90 Å². The van der Waals surface area contributed by atoms with Crippen LogP contribution in [-0.4, -0.2) is 46.6 Å². The lowest BCUT2D eigenvalue weighted by atomic mass is 9.88. The Balaban J connectivity index is 1.63. The van der Waals surface area contributed by atoms with Gasteiger partial charge in [0.1, 0.15) is 6.04 Å². The summed E-state index contributed by atoms with van der Waals surface area (Å²) in [6, 6.07) is 24.9. The van der Waals surface area contributed by atoms with Gasteiger partial charge in [-0.25, -0.2) is 12.7 Å². The van der Waals surface area contributed by atoms with E-state index in [0.717, 1.165) is 4.31 Å². The fourth-order valence-electron chi connectivity index (χ4n) is 4.36. The van der Waals surface area contributed by atoms with Crippen LogP contribution in [-0.2, 0) is 14.8 Å². The Bertz CT molecular complexity index is 1270. The van der Waals surface area contributed by atoms with Crippen LogP contribution in [0.25, 0.3) is 0 Å². The zero-order chi connectivity index (χ0) is 22.3. The van der Waals surface area contributed by atoms with Gasteiger partial charge in [-0.3, -0.25) is 9.59 Å². The maximum Gasteiger partial charge on any atom is 0.276 e. The minimum atomic E-state index is -4.09. The van der Waals surface area contributed by atoms with Crippen molar-refractivity contribution in [3.63, 3.8) is 0 Å². The first-order valence-corrected chi connectivity index (χ1v) is 12.6. The molecule has 8 heteroatoms. The van der Waals surface area contributed by atoms with Gasteiger partial charge in [-0.1, -0.05) is 66.7 Å². The van der Waals surface area contributed by atoms with Crippen LogP contribution in [0.4, 0.5) is 0 Å². The molecule has 2 fully saturated rings. The smallest absolute Gasteiger partial charge is 0.276 e. The predicted octanol–water partition coefficient (Wildman–Crippen LogP) is 3.54. The number of benzene rings is 3. The number of carbonyl (C=O) groups is 2. The number of hydrogen-bond donors (Lipinski definition) is 0. The van der Waals surface area contributed by atoms with Crippen LogP contribution in [0, 0.1) is 0 Å². The molecule has 0 N–H and O–H groups in total. The van der Waals surface area contributed by atoms with Crippen molar-refractivity contribution in [2.75, 3.05) is 12.3 Å². The van der Waals surface area contributed by atoms with Gasteiger partial charge in [0.25, 0.3) is 21.8 Å². The largest absolute Gasteiger partial charge is 0.312 e. The van der Waals surface area contributed by atoms with Crippen LogP contribution < -0.4 is 0 Å². The third-order valence-corrected chi connectivity index (χ3v) is 9.04. The summed E-state index contributed by atoms with van der Waals surface area (Å²) in [4.78, 5) is 27.4. The minimum absolute atomic E-state index is 0.0491. The summed E-state index contributed by atoms with van der Waals surface area (Å²) in [6.07, 6.45) is 0. The van der Waals surface area contributed by atoms with Crippen LogP contribution in [0.2, 0.25) is 0 Å².